The molecule has 5 atom stereocenters. The van der Waals surface area contributed by atoms with E-state index in [4.69, 9.17) is 14.6 Å². The summed E-state index contributed by atoms with van der Waals surface area (Å²) in [6.07, 6.45) is -4.45. The van der Waals surface area contributed by atoms with E-state index < -0.39 is 42.0 Å². The number of carbonyl (C=O) groups excluding carboxylic acids is 1. The number of aliphatic hydroxyl groups excluding tert-OH is 3. The third-order valence-corrected chi connectivity index (χ3v) is 2.85. The number of hydrogen-bond acceptors (Lipinski definition) is 6. The lowest BCUT2D eigenvalue weighted by atomic mass is 10.0. The fourth-order valence-corrected chi connectivity index (χ4v) is 2.06. The highest BCUT2D eigenvalue weighted by molar-refractivity contribution is 9.09. The van der Waals surface area contributed by atoms with Gasteiger partial charge in [0.15, 0.2) is 11.1 Å². The molecule has 0 amide bonds. The highest BCUT2D eigenvalue weighted by atomic mass is 79.9. The minimum atomic E-state index is -1.29. The van der Waals surface area contributed by atoms with Crippen molar-refractivity contribution in [2.24, 2.45) is 0 Å². The number of esters is 1. The molecular formula is C8H13BrO6. The molecule has 6 nitrogen and oxygen atoms in total. The number of rotatable bonds is 2. The van der Waals surface area contributed by atoms with Crippen molar-refractivity contribution >= 4 is 21.9 Å². The lowest BCUT2D eigenvalue weighted by molar-refractivity contribution is -0.216. The first kappa shape index (κ1) is 12.9. The van der Waals surface area contributed by atoms with Crippen LogP contribution in [0.1, 0.15) is 6.92 Å². The summed E-state index contributed by atoms with van der Waals surface area (Å²) in [7, 11) is 0. The van der Waals surface area contributed by atoms with Crippen LogP contribution in [-0.2, 0) is 14.3 Å². The molecule has 1 heterocycles. The van der Waals surface area contributed by atoms with E-state index in [0.717, 1.165) is 0 Å². The van der Waals surface area contributed by atoms with Gasteiger partial charge in [-0.3, -0.25) is 4.79 Å². The van der Waals surface area contributed by atoms with Crippen LogP contribution in [0.5, 0.6) is 0 Å². The van der Waals surface area contributed by atoms with E-state index in [9.17, 15) is 15.0 Å². The van der Waals surface area contributed by atoms with Gasteiger partial charge in [-0.05, 0) is 0 Å². The number of carbonyl (C=O) groups is 1. The fourth-order valence-electron chi connectivity index (χ4n) is 1.36. The van der Waals surface area contributed by atoms with Crippen LogP contribution in [-0.4, -0.2) is 57.3 Å². The van der Waals surface area contributed by atoms with E-state index in [0.29, 0.717) is 0 Å². The van der Waals surface area contributed by atoms with E-state index in [1.807, 2.05) is 0 Å². The van der Waals surface area contributed by atoms with Crippen molar-refractivity contribution in [1.82, 2.24) is 0 Å². The molecule has 7 heteroatoms. The zero-order chi connectivity index (χ0) is 11.6. The Morgan fingerprint density at radius 2 is 2.07 bits per heavy atom. The van der Waals surface area contributed by atoms with Gasteiger partial charge in [-0.2, -0.15) is 0 Å². The summed E-state index contributed by atoms with van der Waals surface area (Å²) >= 11 is 3.05. The van der Waals surface area contributed by atoms with Crippen LogP contribution in [0.3, 0.4) is 0 Å². The van der Waals surface area contributed by atoms with Gasteiger partial charge in [-0.1, -0.05) is 15.9 Å². The molecule has 88 valence electrons. The van der Waals surface area contributed by atoms with Crippen LogP contribution in [0.2, 0.25) is 0 Å². The standard InChI is InChI=1S/C8H13BrO6/c1-3(11)14-7-6(13)5(12)4(2-10)15-8(7)9/h4-8,10,12-13H,2H2,1H3/t4?,5-,6?,7-,8+/m0/s1. The summed E-state index contributed by atoms with van der Waals surface area (Å²) in [6.45, 7) is 0.768. The first-order chi connectivity index (χ1) is 6.97. The molecule has 1 aliphatic heterocycles. The predicted octanol–water partition coefficient (Wildman–Crippen LogP) is -1.25. The first-order valence-corrected chi connectivity index (χ1v) is 5.32. The third-order valence-electron chi connectivity index (χ3n) is 2.11. The molecule has 1 fully saturated rings. The van der Waals surface area contributed by atoms with Crippen LogP contribution in [0.4, 0.5) is 0 Å². The van der Waals surface area contributed by atoms with Gasteiger partial charge in [-0.25, -0.2) is 0 Å². The maximum atomic E-state index is 10.7. The van der Waals surface area contributed by atoms with E-state index in [1.54, 1.807) is 0 Å². The molecule has 1 aliphatic rings. The molecule has 0 bridgehead atoms. The molecule has 0 radical (unpaired) electrons. The van der Waals surface area contributed by atoms with Crippen LogP contribution in [0.25, 0.3) is 0 Å². The Morgan fingerprint density at radius 3 is 2.53 bits per heavy atom. The normalized spacial score (nSPS) is 41.3. The lowest BCUT2D eigenvalue weighted by Crippen LogP contribution is -2.58. The number of aliphatic hydroxyl groups is 3. The van der Waals surface area contributed by atoms with Crippen molar-refractivity contribution in [2.75, 3.05) is 6.61 Å². The smallest absolute Gasteiger partial charge is 0.303 e. The largest absolute Gasteiger partial charge is 0.456 e. The van der Waals surface area contributed by atoms with Gasteiger partial charge < -0.3 is 24.8 Å². The Kier molecular flexibility index (Phi) is 4.47. The van der Waals surface area contributed by atoms with Crippen LogP contribution < -0.4 is 0 Å². The average Bonchev–Trinajstić information content (AvgIpc) is 2.18. The summed E-state index contributed by atoms with van der Waals surface area (Å²) in [4.78, 5) is 10.7. The van der Waals surface area contributed by atoms with Crippen molar-refractivity contribution in [3.8, 4) is 0 Å². The monoisotopic (exact) mass is 284 g/mol. The molecule has 0 aromatic carbocycles. The molecular weight excluding hydrogens is 272 g/mol. The topological polar surface area (TPSA) is 96.2 Å². The first-order valence-electron chi connectivity index (χ1n) is 4.41. The Labute approximate surface area is 94.9 Å². The van der Waals surface area contributed by atoms with Gasteiger partial charge in [0.2, 0.25) is 0 Å². The molecule has 3 N–H and O–H groups in total. The molecule has 0 aromatic heterocycles. The number of halogens is 1. The van der Waals surface area contributed by atoms with Crippen LogP contribution in [0.15, 0.2) is 0 Å². The molecule has 0 spiro atoms. The zero-order valence-corrected chi connectivity index (χ0v) is 9.62. The Bertz CT molecular complexity index is 235. The summed E-state index contributed by atoms with van der Waals surface area (Å²) < 4.78 is 9.89. The summed E-state index contributed by atoms with van der Waals surface area (Å²) in [5.41, 5.74) is 0. The molecule has 0 aromatic rings. The van der Waals surface area contributed by atoms with Crippen molar-refractivity contribution in [2.45, 2.75) is 36.4 Å². The van der Waals surface area contributed by atoms with Gasteiger partial charge >= 0.3 is 5.97 Å². The lowest BCUT2D eigenvalue weighted by Gasteiger charge is -2.39. The van der Waals surface area contributed by atoms with Gasteiger partial charge in [0, 0.05) is 6.92 Å². The predicted molar refractivity (Wildman–Crippen MR) is 52.2 cm³/mol. The van der Waals surface area contributed by atoms with Gasteiger partial charge in [0.05, 0.1) is 6.61 Å². The second kappa shape index (κ2) is 5.22. The molecule has 1 saturated heterocycles. The third kappa shape index (κ3) is 2.88. The molecule has 15 heavy (non-hydrogen) atoms. The summed E-state index contributed by atoms with van der Waals surface area (Å²) in [6, 6.07) is 0. The maximum Gasteiger partial charge on any atom is 0.303 e. The Hall–Kier alpha value is -0.210. The van der Waals surface area contributed by atoms with Gasteiger partial charge in [-0.15, -0.1) is 0 Å². The van der Waals surface area contributed by atoms with Crippen molar-refractivity contribution in [3.05, 3.63) is 0 Å². The molecule has 0 aliphatic carbocycles. The number of ether oxygens (including phenoxy) is 2. The summed E-state index contributed by atoms with van der Waals surface area (Å²) in [5.74, 6) is -0.582. The second-order valence-corrected chi connectivity index (χ2v) is 4.17. The van der Waals surface area contributed by atoms with E-state index in [1.165, 1.54) is 6.92 Å². The Balaban J connectivity index is 2.70. The highest BCUT2D eigenvalue weighted by Gasteiger charge is 2.45. The van der Waals surface area contributed by atoms with E-state index in [-0.39, 0.29) is 0 Å². The van der Waals surface area contributed by atoms with Crippen molar-refractivity contribution in [3.63, 3.8) is 0 Å². The average molecular weight is 285 g/mol. The highest BCUT2D eigenvalue weighted by Crippen LogP contribution is 2.26. The Morgan fingerprint density at radius 1 is 1.47 bits per heavy atom. The zero-order valence-electron chi connectivity index (χ0n) is 8.04. The van der Waals surface area contributed by atoms with Crippen LogP contribution in [0, 0.1) is 0 Å². The van der Waals surface area contributed by atoms with Crippen molar-refractivity contribution in [1.29, 1.82) is 0 Å². The van der Waals surface area contributed by atoms with E-state index >= 15 is 0 Å². The van der Waals surface area contributed by atoms with Gasteiger partial charge in [0.25, 0.3) is 0 Å². The molecule has 0 saturated carbocycles. The van der Waals surface area contributed by atoms with Crippen molar-refractivity contribution < 1.29 is 29.6 Å². The minimum absolute atomic E-state index is 0.423. The quantitative estimate of drug-likeness (QED) is 0.433. The fraction of sp³-hybridized carbons (Fsp3) is 0.875. The van der Waals surface area contributed by atoms with E-state index in [2.05, 4.69) is 15.9 Å². The molecule has 1 rings (SSSR count). The van der Waals surface area contributed by atoms with Gasteiger partial charge in [0.1, 0.15) is 18.3 Å². The molecule has 2 unspecified atom stereocenters. The maximum absolute atomic E-state index is 10.7. The SMILES string of the molecule is CC(=O)O[C@H]1C(O)[C@@H](O)C(CO)O[C@H]1Br. The summed E-state index contributed by atoms with van der Waals surface area (Å²) in [5, 5.41) is 27.2. The minimum Gasteiger partial charge on any atom is -0.456 e. The van der Waals surface area contributed by atoms with Crippen LogP contribution >= 0.6 is 15.9 Å². The number of hydrogen-bond donors (Lipinski definition) is 3. The number of alkyl halides is 1. The second-order valence-electron chi connectivity index (χ2n) is 3.26.